The fraction of sp³-hybridized carbons (Fsp3) is 0.438. The Morgan fingerprint density at radius 3 is 2.81 bits per heavy atom. The molecule has 0 atom stereocenters. The van der Waals surface area contributed by atoms with Gasteiger partial charge >= 0.3 is 0 Å². The van der Waals surface area contributed by atoms with Crippen LogP contribution in [0.2, 0.25) is 0 Å². The van der Waals surface area contributed by atoms with Crippen molar-refractivity contribution in [1.29, 1.82) is 0 Å². The van der Waals surface area contributed by atoms with Crippen LogP contribution in [0.25, 0.3) is 0 Å². The number of benzene rings is 1. The summed E-state index contributed by atoms with van der Waals surface area (Å²) in [6, 6.07) is 5.94. The molecular formula is C16H23N3O2. The van der Waals surface area contributed by atoms with Crippen LogP contribution in [0.4, 0.5) is 0 Å². The van der Waals surface area contributed by atoms with E-state index in [1.165, 1.54) is 0 Å². The summed E-state index contributed by atoms with van der Waals surface area (Å²) in [7, 11) is 0. The van der Waals surface area contributed by atoms with E-state index in [0.29, 0.717) is 19.8 Å². The van der Waals surface area contributed by atoms with Crippen molar-refractivity contribution in [1.82, 2.24) is 9.55 Å². The highest BCUT2D eigenvalue weighted by molar-refractivity contribution is 5.46. The second-order valence-electron chi connectivity index (χ2n) is 4.73. The minimum atomic E-state index is 0.568. The van der Waals surface area contributed by atoms with Gasteiger partial charge in [-0.15, -0.1) is 0 Å². The highest BCUT2D eigenvalue weighted by Crippen LogP contribution is 2.31. The Morgan fingerprint density at radius 2 is 2.14 bits per heavy atom. The van der Waals surface area contributed by atoms with Gasteiger partial charge in [-0.05, 0) is 38.4 Å². The van der Waals surface area contributed by atoms with Gasteiger partial charge in [0.05, 0.1) is 13.2 Å². The molecule has 0 aliphatic carbocycles. The number of aryl methyl sites for hydroxylation is 1. The maximum absolute atomic E-state index is 5.97. The van der Waals surface area contributed by atoms with Gasteiger partial charge in [0.15, 0.2) is 11.5 Å². The molecule has 1 heterocycles. The summed E-state index contributed by atoms with van der Waals surface area (Å²) in [6.45, 7) is 6.48. The van der Waals surface area contributed by atoms with Gasteiger partial charge in [-0.2, -0.15) is 0 Å². The maximum Gasteiger partial charge on any atom is 0.164 e. The van der Waals surface area contributed by atoms with Gasteiger partial charge in [-0.3, -0.25) is 0 Å². The highest BCUT2D eigenvalue weighted by atomic mass is 16.5. The van der Waals surface area contributed by atoms with Crippen LogP contribution in [-0.4, -0.2) is 29.3 Å². The third-order valence-electron chi connectivity index (χ3n) is 3.28. The summed E-state index contributed by atoms with van der Waals surface area (Å²) < 4.78 is 13.7. The van der Waals surface area contributed by atoms with Crippen LogP contribution < -0.4 is 15.2 Å². The molecule has 2 rings (SSSR count). The van der Waals surface area contributed by atoms with Gasteiger partial charge in [0.2, 0.25) is 0 Å². The average molecular weight is 289 g/mol. The first-order valence-electron chi connectivity index (χ1n) is 7.31. The quantitative estimate of drug-likeness (QED) is 0.809. The van der Waals surface area contributed by atoms with Crippen LogP contribution in [0, 0.1) is 6.92 Å². The van der Waals surface area contributed by atoms with Crippen LogP contribution in [0.15, 0.2) is 30.6 Å². The number of aromatic nitrogens is 2. The Balaban J connectivity index is 2.07. The van der Waals surface area contributed by atoms with Gasteiger partial charge < -0.3 is 19.8 Å². The molecule has 0 bridgehead atoms. The monoisotopic (exact) mass is 289 g/mol. The zero-order chi connectivity index (χ0) is 15.1. The molecule has 5 heteroatoms. The lowest BCUT2D eigenvalue weighted by atomic mass is 10.1. The molecule has 2 aromatic rings. The predicted octanol–water partition coefficient (Wildman–Crippen LogP) is 2.17. The van der Waals surface area contributed by atoms with Crippen LogP contribution in [0.3, 0.4) is 0 Å². The first-order valence-corrected chi connectivity index (χ1v) is 7.31. The number of para-hydroxylation sites is 1. The van der Waals surface area contributed by atoms with E-state index in [1.54, 1.807) is 6.20 Å². The minimum absolute atomic E-state index is 0.568. The zero-order valence-corrected chi connectivity index (χ0v) is 12.7. The van der Waals surface area contributed by atoms with Gasteiger partial charge in [0.25, 0.3) is 0 Å². The van der Waals surface area contributed by atoms with Crippen molar-refractivity contribution in [3.05, 3.63) is 42.0 Å². The number of ether oxygens (including phenoxy) is 2. The van der Waals surface area contributed by atoms with Crippen molar-refractivity contribution >= 4 is 0 Å². The lowest BCUT2D eigenvalue weighted by Crippen LogP contribution is -2.12. The molecule has 0 unspecified atom stereocenters. The third kappa shape index (κ3) is 3.98. The van der Waals surface area contributed by atoms with Crippen LogP contribution in [0.1, 0.15) is 18.3 Å². The lowest BCUT2D eigenvalue weighted by molar-refractivity contribution is 0.263. The molecule has 2 N–H and O–H groups in total. The molecule has 114 valence electrons. The Bertz CT molecular complexity index is 542. The molecule has 5 nitrogen and oxygen atoms in total. The molecule has 0 aliphatic rings. The molecule has 0 saturated heterocycles. The molecule has 1 aromatic carbocycles. The number of imidazole rings is 1. The molecule has 0 spiro atoms. The largest absolute Gasteiger partial charge is 0.490 e. The van der Waals surface area contributed by atoms with E-state index in [0.717, 1.165) is 35.9 Å². The van der Waals surface area contributed by atoms with Crippen LogP contribution in [0.5, 0.6) is 11.5 Å². The Hall–Kier alpha value is -2.01. The van der Waals surface area contributed by atoms with Crippen molar-refractivity contribution in [2.75, 3.05) is 19.8 Å². The summed E-state index contributed by atoms with van der Waals surface area (Å²) >= 11 is 0. The average Bonchev–Trinajstić information content (AvgIpc) is 2.88. The number of hydrogen-bond donors (Lipinski definition) is 1. The van der Waals surface area contributed by atoms with Crippen molar-refractivity contribution in [2.45, 2.75) is 26.8 Å². The SMILES string of the molecule is CCOc1cccc(CCN)c1OCCn1ccnc1C. The van der Waals surface area contributed by atoms with Gasteiger partial charge in [-0.25, -0.2) is 4.98 Å². The molecule has 21 heavy (non-hydrogen) atoms. The number of hydrogen-bond acceptors (Lipinski definition) is 4. The van der Waals surface area contributed by atoms with Crippen molar-refractivity contribution in [2.24, 2.45) is 5.73 Å². The minimum Gasteiger partial charge on any atom is -0.490 e. The van der Waals surface area contributed by atoms with E-state index in [-0.39, 0.29) is 0 Å². The fourth-order valence-electron chi connectivity index (χ4n) is 2.23. The van der Waals surface area contributed by atoms with Crippen LogP contribution in [-0.2, 0) is 13.0 Å². The summed E-state index contributed by atoms with van der Waals surface area (Å²) in [5.41, 5.74) is 6.76. The van der Waals surface area contributed by atoms with E-state index in [4.69, 9.17) is 15.2 Å². The maximum atomic E-state index is 5.97. The standard InChI is InChI=1S/C16H23N3O2/c1-3-20-15-6-4-5-14(7-8-17)16(15)21-12-11-19-10-9-18-13(19)2/h4-6,9-10H,3,7-8,11-12,17H2,1-2H3. The van der Waals surface area contributed by atoms with Crippen molar-refractivity contribution in [3.63, 3.8) is 0 Å². The molecular weight excluding hydrogens is 266 g/mol. The summed E-state index contributed by atoms with van der Waals surface area (Å²) in [6.07, 6.45) is 4.53. The molecule has 0 fully saturated rings. The van der Waals surface area contributed by atoms with Crippen molar-refractivity contribution in [3.8, 4) is 11.5 Å². The molecule has 0 radical (unpaired) electrons. The molecule has 0 saturated carbocycles. The number of nitrogens with two attached hydrogens (primary N) is 1. The Kier molecular flexibility index (Phi) is 5.63. The summed E-state index contributed by atoms with van der Waals surface area (Å²) in [4.78, 5) is 4.20. The Morgan fingerprint density at radius 1 is 1.29 bits per heavy atom. The first-order chi connectivity index (χ1) is 10.3. The van der Waals surface area contributed by atoms with E-state index in [2.05, 4.69) is 9.55 Å². The topological polar surface area (TPSA) is 62.3 Å². The second-order valence-corrected chi connectivity index (χ2v) is 4.73. The van der Waals surface area contributed by atoms with E-state index >= 15 is 0 Å². The number of rotatable bonds is 8. The van der Waals surface area contributed by atoms with Gasteiger partial charge in [0, 0.05) is 12.4 Å². The fourth-order valence-corrected chi connectivity index (χ4v) is 2.23. The smallest absolute Gasteiger partial charge is 0.164 e. The van der Waals surface area contributed by atoms with Crippen LogP contribution >= 0.6 is 0 Å². The van der Waals surface area contributed by atoms with E-state index < -0.39 is 0 Å². The molecule has 0 amide bonds. The predicted molar refractivity (Wildman–Crippen MR) is 82.8 cm³/mol. The van der Waals surface area contributed by atoms with Gasteiger partial charge in [0.1, 0.15) is 12.4 Å². The van der Waals surface area contributed by atoms with E-state index in [1.807, 2.05) is 38.2 Å². The van der Waals surface area contributed by atoms with Gasteiger partial charge in [-0.1, -0.05) is 12.1 Å². The summed E-state index contributed by atoms with van der Waals surface area (Å²) in [5, 5.41) is 0. The van der Waals surface area contributed by atoms with Crippen molar-refractivity contribution < 1.29 is 9.47 Å². The van der Waals surface area contributed by atoms with E-state index in [9.17, 15) is 0 Å². The second kappa shape index (κ2) is 7.69. The Labute approximate surface area is 125 Å². The number of nitrogens with zero attached hydrogens (tertiary/aromatic N) is 2. The molecule has 1 aromatic heterocycles. The third-order valence-corrected chi connectivity index (χ3v) is 3.28. The summed E-state index contributed by atoms with van der Waals surface area (Å²) in [5.74, 6) is 2.58. The zero-order valence-electron chi connectivity index (χ0n) is 12.7. The highest BCUT2D eigenvalue weighted by Gasteiger charge is 2.10. The lowest BCUT2D eigenvalue weighted by Gasteiger charge is -2.16. The first kappa shape index (κ1) is 15.4. The normalized spacial score (nSPS) is 10.6. The molecule has 0 aliphatic heterocycles.